The van der Waals surface area contributed by atoms with Crippen molar-refractivity contribution in [1.82, 2.24) is 9.55 Å². The molecular formula is C25H23Cl2N3O7. The number of H-pyrrole nitrogens is 1. The van der Waals surface area contributed by atoms with Crippen LogP contribution >= 0.6 is 23.2 Å². The molecule has 0 aliphatic carbocycles. The maximum atomic E-state index is 12.9. The Labute approximate surface area is 220 Å². The van der Waals surface area contributed by atoms with Crippen LogP contribution in [0.2, 0.25) is 10.0 Å². The summed E-state index contributed by atoms with van der Waals surface area (Å²) in [6, 6.07) is 12.2. The van der Waals surface area contributed by atoms with Crippen molar-refractivity contribution < 1.29 is 23.8 Å². The van der Waals surface area contributed by atoms with Crippen molar-refractivity contribution in [3.8, 4) is 0 Å². The van der Waals surface area contributed by atoms with Gasteiger partial charge in [-0.15, -0.1) is 0 Å². The van der Waals surface area contributed by atoms with Gasteiger partial charge in [0.1, 0.15) is 18.8 Å². The molecule has 10 nitrogen and oxygen atoms in total. The van der Waals surface area contributed by atoms with Crippen molar-refractivity contribution >= 4 is 35.1 Å². The van der Waals surface area contributed by atoms with E-state index in [9.17, 15) is 19.2 Å². The van der Waals surface area contributed by atoms with Gasteiger partial charge in [-0.1, -0.05) is 23.2 Å². The molecule has 1 saturated heterocycles. The number of ether oxygens (including phenoxy) is 3. The molecule has 1 aliphatic heterocycles. The van der Waals surface area contributed by atoms with Crippen molar-refractivity contribution in [3.05, 3.63) is 102 Å². The second-order valence-electron chi connectivity index (χ2n) is 8.51. The molecule has 0 saturated carbocycles. The lowest BCUT2D eigenvalue weighted by Gasteiger charge is -2.29. The summed E-state index contributed by atoms with van der Waals surface area (Å²) in [5, 5.41) is 0.905. The van der Waals surface area contributed by atoms with E-state index in [1.165, 1.54) is 37.4 Å². The number of hydrogen-bond acceptors (Lipinski definition) is 8. The number of nitrogens with one attached hydrogen (secondary N) is 1. The molecule has 3 atom stereocenters. The number of halogens is 2. The van der Waals surface area contributed by atoms with Gasteiger partial charge in [0.25, 0.3) is 5.56 Å². The highest BCUT2D eigenvalue weighted by Gasteiger charge is 2.50. The summed E-state index contributed by atoms with van der Waals surface area (Å²) in [5.74, 6) is -1.32. The largest absolute Gasteiger partial charge is 0.459 e. The Morgan fingerprint density at radius 3 is 2.19 bits per heavy atom. The lowest BCUT2D eigenvalue weighted by Crippen LogP contribution is -2.49. The Morgan fingerprint density at radius 1 is 1.05 bits per heavy atom. The molecule has 2 heterocycles. The fourth-order valence-electron chi connectivity index (χ4n) is 3.98. The number of hydrogen-bond donors (Lipinski definition) is 2. The number of aryl methyl sites for hydroxylation is 1. The zero-order valence-corrected chi connectivity index (χ0v) is 21.1. The monoisotopic (exact) mass is 547 g/mol. The number of rotatable bonds is 7. The summed E-state index contributed by atoms with van der Waals surface area (Å²) in [6.45, 7) is 1.02. The normalized spacial score (nSPS) is 21.0. The molecule has 0 amide bonds. The van der Waals surface area contributed by atoms with E-state index in [2.05, 4.69) is 4.98 Å². The van der Waals surface area contributed by atoms with Crippen LogP contribution in [0.25, 0.3) is 0 Å². The lowest BCUT2D eigenvalue weighted by molar-refractivity contribution is -0.115. The number of carbonyl (C=O) groups excluding carboxylic acids is 2. The van der Waals surface area contributed by atoms with Crippen LogP contribution in [-0.2, 0) is 19.9 Å². The van der Waals surface area contributed by atoms with Gasteiger partial charge in [-0.2, -0.15) is 0 Å². The van der Waals surface area contributed by atoms with E-state index in [0.29, 0.717) is 10.0 Å². The molecule has 194 valence electrons. The molecule has 1 aliphatic rings. The molecule has 3 aromatic rings. The van der Waals surface area contributed by atoms with E-state index in [1.54, 1.807) is 24.3 Å². The van der Waals surface area contributed by atoms with Crippen LogP contribution in [0, 0.1) is 6.92 Å². The van der Waals surface area contributed by atoms with Crippen LogP contribution in [0.3, 0.4) is 0 Å². The zero-order valence-electron chi connectivity index (χ0n) is 19.6. The minimum Gasteiger partial charge on any atom is -0.459 e. The quantitative estimate of drug-likeness (QED) is 0.429. The molecule has 1 fully saturated rings. The Hall–Kier alpha value is -3.44. The minimum atomic E-state index is -1.48. The highest BCUT2D eigenvalue weighted by molar-refractivity contribution is 6.31. The van der Waals surface area contributed by atoms with Crippen LogP contribution in [0.5, 0.6) is 0 Å². The summed E-state index contributed by atoms with van der Waals surface area (Å²) in [5.41, 5.74) is 4.03. The zero-order chi connectivity index (χ0) is 26.7. The van der Waals surface area contributed by atoms with E-state index in [-0.39, 0.29) is 36.3 Å². The highest BCUT2D eigenvalue weighted by atomic mass is 35.5. The Bertz CT molecular complexity index is 1420. The molecule has 1 aromatic heterocycles. The molecule has 0 unspecified atom stereocenters. The number of aromatic amines is 1. The Morgan fingerprint density at radius 2 is 1.62 bits per heavy atom. The molecule has 0 spiro atoms. The maximum absolute atomic E-state index is 12.9. The van der Waals surface area contributed by atoms with Gasteiger partial charge in [0.2, 0.25) is 0 Å². The van der Waals surface area contributed by atoms with Crippen molar-refractivity contribution in [2.75, 3.05) is 13.2 Å². The van der Waals surface area contributed by atoms with Crippen molar-refractivity contribution in [3.63, 3.8) is 0 Å². The van der Waals surface area contributed by atoms with Gasteiger partial charge < -0.3 is 19.9 Å². The molecule has 4 rings (SSSR count). The summed E-state index contributed by atoms with van der Waals surface area (Å²) in [6.07, 6.45) is -0.648. The van der Waals surface area contributed by atoms with Crippen LogP contribution in [0.1, 0.15) is 32.7 Å². The predicted octanol–water partition coefficient (Wildman–Crippen LogP) is 2.63. The first-order valence-electron chi connectivity index (χ1n) is 11.2. The molecule has 12 heteroatoms. The SMILES string of the molecule is Cc1cn([C@@]2(CN)C[C@H](OC(=O)c3ccc(Cl)cc3)[C@@H](COC(=O)c3ccc(Cl)cc3)O2)c(=O)[nH]c1=O. The molecule has 2 aromatic carbocycles. The molecule has 0 bridgehead atoms. The van der Waals surface area contributed by atoms with E-state index < -0.39 is 41.1 Å². The van der Waals surface area contributed by atoms with E-state index >= 15 is 0 Å². The average molecular weight is 548 g/mol. The first-order chi connectivity index (χ1) is 17.6. The maximum Gasteiger partial charge on any atom is 0.338 e. The number of aromatic nitrogens is 2. The summed E-state index contributed by atoms with van der Waals surface area (Å²) >= 11 is 11.8. The fourth-order valence-corrected chi connectivity index (χ4v) is 4.24. The third-order valence-electron chi connectivity index (χ3n) is 5.98. The smallest absolute Gasteiger partial charge is 0.338 e. The van der Waals surface area contributed by atoms with Crippen LogP contribution in [0.4, 0.5) is 0 Å². The molecule has 3 N–H and O–H groups in total. The van der Waals surface area contributed by atoms with Gasteiger partial charge in [-0.3, -0.25) is 14.3 Å². The predicted molar refractivity (Wildman–Crippen MR) is 135 cm³/mol. The fraction of sp³-hybridized carbons (Fsp3) is 0.280. The summed E-state index contributed by atoms with van der Waals surface area (Å²) in [7, 11) is 0. The average Bonchev–Trinajstić information content (AvgIpc) is 3.23. The van der Waals surface area contributed by atoms with Crippen LogP contribution < -0.4 is 17.0 Å². The van der Waals surface area contributed by atoms with E-state index in [1.807, 2.05) is 0 Å². The topological polar surface area (TPSA) is 143 Å². The third kappa shape index (κ3) is 5.78. The Balaban J connectivity index is 1.62. The van der Waals surface area contributed by atoms with Gasteiger partial charge in [-0.05, 0) is 55.5 Å². The minimum absolute atomic E-state index is 0.0443. The van der Waals surface area contributed by atoms with Gasteiger partial charge in [0.15, 0.2) is 5.72 Å². The van der Waals surface area contributed by atoms with Gasteiger partial charge in [0.05, 0.1) is 11.1 Å². The number of carbonyl (C=O) groups is 2. The number of esters is 2. The first kappa shape index (κ1) is 26.6. The second kappa shape index (κ2) is 10.9. The van der Waals surface area contributed by atoms with Crippen molar-refractivity contribution in [2.24, 2.45) is 5.73 Å². The number of benzene rings is 2. The first-order valence-corrected chi connectivity index (χ1v) is 12.0. The highest BCUT2D eigenvalue weighted by Crippen LogP contribution is 2.36. The van der Waals surface area contributed by atoms with Gasteiger partial charge in [0, 0.05) is 34.8 Å². The lowest BCUT2D eigenvalue weighted by atomic mass is 10.1. The van der Waals surface area contributed by atoms with E-state index in [4.69, 9.17) is 43.1 Å². The third-order valence-corrected chi connectivity index (χ3v) is 6.48. The van der Waals surface area contributed by atoms with E-state index in [0.717, 1.165) is 4.57 Å². The second-order valence-corrected chi connectivity index (χ2v) is 9.38. The Kier molecular flexibility index (Phi) is 7.84. The van der Waals surface area contributed by atoms with Gasteiger partial charge >= 0.3 is 17.6 Å². The number of nitrogens with two attached hydrogens (primary N) is 1. The standard InChI is InChI=1S/C25H23Cl2N3O7/c1-14-11-30(24(34)29-21(14)31)25(13-28)10-19(36-23(33)16-4-8-18(27)9-5-16)20(37-25)12-35-22(32)15-2-6-17(26)7-3-15/h2-9,11,19-20H,10,12-13,28H2,1H3,(H,29,31,34)/t19-,20+,25-/m0/s1. The number of nitrogens with zero attached hydrogens (tertiary/aromatic N) is 1. The summed E-state index contributed by atoms with van der Waals surface area (Å²) in [4.78, 5) is 52.2. The molecule has 37 heavy (non-hydrogen) atoms. The molecule has 0 radical (unpaired) electrons. The van der Waals surface area contributed by atoms with Crippen molar-refractivity contribution in [1.29, 1.82) is 0 Å². The summed E-state index contributed by atoms with van der Waals surface area (Å²) < 4.78 is 18.5. The van der Waals surface area contributed by atoms with Gasteiger partial charge in [-0.25, -0.2) is 14.4 Å². The van der Waals surface area contributed by atoms with Crippen LogP contribution in [-0.4, -0.2) is 46.8 Å². The molecular weight excluding hydrogens is 525 g/mol. The van der Waals surface area contributed by atoms with Crippen molar-refractivity contribution in [2.45, 2.75) is 31.3 Å². The van der Waals surface area contributed by atoms with Crippen LogP contribution in [0.15, 0.2) is 64.3 Å².